The van der Waals surface area contributed by atoms with E-state index in [9.17, 15) is 26.3 Å². The normalized spacial score (nSPS) is 12.9. The number of hydrogen-bond acceptors (Lipinski definition) is 0. The zero-order chi connectivity index (χ0) is 13.4. The van der Waals surface area contributed by atoms with Gasteiger partial charge in [-0.3, -0.25) is 0 Å². The molecule has 0 aliphatic heterocycles. The molecule has 0 nitrogen and oxygen atoms in total. The molecule has 0 saturated heterocycles. The molecule has 0 spiro atoms. The van der Waals surface area contributed by atoms with E-state index in [1.807, 2.05) is 0 Å². The molecule has 0 bridgehead atoms. The molecular formula is C11H10F6. The van der Waals surface area contributed by atoms with Gasteiger partial charge < -0.3 is 0 Å². The van der Waals surface area contributed by atoms with E-state index in [2.05, 4.69) is 0 Å². The third kappa shape index (κ3) is 2.92. The summed E-state index contributed by atoms with van der Waals surface area (Å²) in [5.74, 6) is 0. The van der Waals surface area contributed by atoms with Crippen molar-refractivity contribution in [2.75, 3.05) is 0 Å². The van der Waals surface area contributed by atoms with Crippen molar-refractivity contribution in [2.45, 2.75) is 32.6 Å². The van der Waals surface area contributed by atoms with Gasteiger partial charge in [0.05, 0.1) is 11.1 Å². The summed E-state index contributed by atoms with van der Waals surface area (Å²) >= 11 is 0. The lowest BCUT2D eigenvalue weighted by atomic mass is 9.97. The van der Waals surface area contributed by atoms with Crippen molar-refractivity contribution in [3.63, 3.8) is 0 Å². The lowest BCUT2D eigenvalue weighted by Crippen LogP contribution is -2.14. The van der Waals surface area contributed by atoms with Crippen LogP contribution in [-0.4, -0.2) is 0 Å². The van der Waals surface area contributed by atoms with E-state index in [0.29, 0.717) is 12.1 Å². The molecule has 0 aliphatic rings. The number of halogens is 6. The maximum Gasteiger partial charge on any atom is 0.416 e. The summed E-state index contributed by atoms with van der Waals surface area (Å²) in [6, 6.07) is 1.14. The number of benzene rings is 1. The Labute approximate surface area is 94.2 Å². The lowest BCUT2D eigenvalue weighted by Gasteiger charge is -2.17. The van der Waals surface area contributed by atoms with Gasteiger partial charge in [0.25, 0.3) is 0 Å². The molecule has 1 aromatic rings. The third-order valence-electron chi connectivity index (χ3n) is 2.44. The van der Waals surface area contributed by atoms with Crippen LogP contribution in [0.1, 0.15) is 29.2 Å². The van der Waals surface area contributed by atoms with Gasteiger partial charge in [-0.05, 0) is 36.6 Å². The predicted molar refractivity (Wildman–Crippen MR) is 50.6 cm³/mol. The fourth-order valence-corrected chi connectivity index (χ4v) is 1.61. The minimum absolute atomic E-state index is 0.0990. The standard InChI is InChI=1S/C11H10F6/c1-3-7-5-8(10(12,13)14)6(2)4-9(7)11(15,16)17/h4-5H,3H2,1-2H3. The van der Waals surface area contributed by atoms with Gasteiger partial charge >= 0.3 is 12.4 Å². The number of rotatable bonds is 1. The average Bonchev–Trinajstić information content (AvgIpc) is 2.14. The number of aryl methyl sites for hydroxylation is 2. The minimum Gasteiger partial charge on any atom is -0.166 e. The SMILES string of the molecule is CCc1cc(C(F)(F)F)c(C)cc1C(F)(F)F. The van der Waals surface area contributed by atoms with Crippen molar-refractivity contribution >= 4 is 0 Å². The van der Waals surface area contributed by atoms with Crippen LogP contribution in [0.2, 0.25) is 0 Å². The highest BCUT2D eigenvalue weighted by Crippen LogP contribution is 2.38. The highest BCUT2D eigenvalue weighted by atomic mass is 19.4. The predicted octanol–water partition coefficient (Wildman–Crippen LogP) is 4.60. The minimum atomic E-state index is -4.63. The molecular weight excluding hydrogens is 246 g/mol. The van der Waals surface area contributed by atoms with Crippen molar-refractivity contribution in [1.29, 1.82) is 0 Å². The molecule has 17 heavy (non-hydrogen) atoms. The molecule has 0 unspecified atom stereocenters. The summed E-state index contributed by atoms with van der Waals surface area (Å²) in [6.07, 6.45) is -9.35. The van der Waals surface area contributed by atoms with E-state index in [4.69, 9.17) is 0 Å². The Bertz CT molecular complexity index is 413. The summed E-state index contributed by atoms with van der Waals surface area (Å²) in [4.78, 5) is 0. The van der Waals surface area contributed by atoms with Crippen LogP contribution in [-0.2, 0) is 18.8 Å². The van der Waals surface area contributed by atoms with Gasteiger partial charge in [0.1, 0.15) is 0 Å². The Kier molecular flexibility index (Phi) is 3.45. The second-order valence-electron chi connectivity index (χ2n) is 3.67. The maximum absolute atomic E-state index is 12.6. The molecule has 0 atom stereocenters. The Hall–Kier alpha value is -1.20. The second kappa shape index (κ2) is 4.23. The van der Waals surface area contributed by atoms with Gasteiger partial charge in [-0.2, -0.15) is 26.3 Å². The second-order valence-corrected chi connectivity index (χ2v) is 3.67. The van der Waals surface area contributed by atoms with Gasteiger partial charge in [-0.25, -0.2) is 0 Å². The first kappa shape index (κ1) is 13.9. The van der Waals surface area contributed by atoms with Crippen LogP contribution in [0.3, 0.4) is 0 Å². The van der Waals surface area contributed by atoms with E-state index >= 15 is 0 Å². The first-order chi connectivity index (χ1) is 7.57. The largest absolute Gasteiger partial charge is 0.416 e. The van der Waals surface area contributed by atoms with Crippen LogP contribution >= 0.6 is 0 Å². The molecule has 0 aromatic heterocycles. The fourth-order valence-electron chi connectivity index (χ4n) is 1.61. The zero-order valence-corrected chi connectivity index (χ0v) is 9.13. The van der Waals surface area contributed by atoms with Gasteiger partial charge in [0, 0.05) is 0 Å². The molecule has 1 aromatic carbocycles. The summed E-state index contributed by atoms with van der Waals surface area (Å²) in [6.45, 7) is 2.41. The van der Waals surface area contributed by atoms with Gasteiger partial charge in [0.15, 0.2) is 0 Å². The topological polar surface area (TPSA) is 0 Å². The van der Waals surface area contributed by atoms with Crippen LogP contribution in [0.4, 0.5) is 26.3 Å². The summed E-state index contributed by atoms with van der Waals surface area (Å²) in [5, 5.41) is 0. The Balaban J connectivity index is 3.46. The smallest absolute Gasteiger partial charge is 0.166 e. The van der Waals surface area contributed by atoms with Crippen LogP contribution in [0.25, 0.3) is 0 Å². The molecule has 96 valence electrons. The van der Waals surface area contributed by atoms with Gasteiger partial charge in [-0.15, -0.1) is 0 Å². The van der Waals surface area contributed by atoms with Gasteiger partial charge in [-0.1, -0.05) is 6.92 Å². The van der Waals surface area contributed by atoms with Crippen molar-refractivity contribution in [3.05, 3.63) is 34.4 Å². The highest BCUT2D eigenvalue weighted by Gasteiger charge is 2.37. The van der Waals surface area contributed by atoms with Gasteiger partial charge in [0.2, 0.25) is 0 Å². The van der Waals surface area contributed by atoms with Crippen molar-refractivity contribution < 1.29 is 26.3 Å². The molecule has 6 heteroatoms. The van der Waals surface area contributed by atoms with E-state index in [-0.39, 0.29) is 12.0 Å². The van der Waals surface area contributed by atoms with E-state index in [0.717, 1.165) is 6.92 Å². The molecule has 0 heterocycles. The summed E-state index contributed by atoms with van der Waals surface area (Å²) < 4.78 is 75.2. The molecule has 0 N–H and O–H groups in total. The summed E-state index contributed by atoms with van der Waals surface area (Å²) in [5.41, 5.74) is -2.76. The van der Waals surface area contributed by atoms with E-state index in [1.54, 1.807) is 0 Å². The van der Waals surface area contributed by atoms with Crippen LogP contribution < -0.4 is 0 Å². The zero-order valence-electron chi connectivity index (χ0n) is 9.13. The molecule has 0 fully saturated rings. The molecule has 0 radical (unpaired) electrons. The average molecular weight is 256 g/mol. The fraction of sp³-hybridized carbons (Fsp3) is 0.455. The molecule has 1 rings (SSSR count). The van der Waals surface area contributed by atoms with E-state index in [1.165, 1.54) is 6.92 Å². The summed E-state index contributed by atoms with van der Waals surface area (Å²) in [7, 11) is 0. The van der Waals surface area contributed by atoms with Crippen LogP contribution in [0.5, 0.6) is 0 Å². The van der Waals surface area contributed by atoms with Crippen LogP contribution in [0, 0.1) is 6.92 Å². The Morgan fingerprint density at radius 2 is 1.35 bits per heavy atom. The Morgan fingerprint density at radius 1 is 0.882 bits per heavy atom. The molecule has 0 amide bonds. The number of hydrogen-bond donors (Lipinski definition) is 0. The monoisotopic (exact) mass is 256 g/mol. The maximum atomic E-state index is 12.6. The first-order valence-electron chi connectivity index (χ1n) is 4.85. The van der Waals surface area contributed by atoms with Crippen LogP contribution in [0.15, 0.2) is 12.1 Å². The van der Waals surface area contributed by atoms with Crippen molar-refractivity contribution in [1.82, 2.24) is 0 Å². The lowest BCUT2D eigenvalue weighted by molar-refractivity contribution is -0.142. The number of alkyl halides is 6. The van der Waals surface area contributed by atoms with E-state index < -0.39 is 29.0 Å². The molecule has 0 saturated carbocycles. The third-order valence-corrected chi connectivity index (χ3v) is 2.44. The van der Waals surface area contributed by atoms with Crippen molar-refractivity contribution in [3.8, 4) is 0 Å². The first-order valence-corrected chi connectivity index (χ1v) is 4.85. The highest BCUT2D eigenvalue weighted by molar-refractivity contribution is 5.40. The van der Waals surface area contributed by atoms with Crippen molar-refractivity contribution in [2.24, 2.45) is 0 Å². The molecule has 0 aliphatic carbocycles. The quantitative estimate of drug-likeness (QED) is 0.644. The Morgan fingerprint density at radius 3 is 1.71 bits per heavy atom.